The molecule has 10 nitrogen and oxygen atoms in total. The molecule has 10 heteroatoms. The number of amides is 2. The third kappa shape index (κ3) is 6.18. The number of carbonyl (C=O) groups is 2. The van der Waals surface area contributed by atoms with Crippen molar-refractivity contribution in [2.75, 3.05) is 13.1 Å². The van der Waals surface area contributed by atoms with Crippen LogP contribution in [0.4, 0.5) is 9.59 Å². The van der Waals surface area contributed by atoms with Crippen LogP contribution in [0.1, 0.15) is 104 Å². The van der Waals surface area contributed by atoms with Gasteiger partial charge in [-0.15, -0.1) is 0 Å². The molecule has 3 N–H and O–H groups in total. The van der Waals surface area contributed by atoms with E-state index < -0.39 is 6.09 Å². The fourth-order valence-electron chi connectivity index (χ4n) is 7.42. The average molecular weight is 609 g/mol. The lowest BCUT2D eigenvalue weighted by atomic mass is 9.77. The van der Waals surface area contributed by atoms with Crippen LogP contribution in [0.5, 0.6) is 0 Å². The highest BCUT2D eigenvalue weighted by molar-refractivity contribution is 5.69. The van der Waals surface area contributed by atoms with Crippen molar-refractivity contribution < 1.29 is 19.4 Å². The van der Waals surface area contributed by atoms with Gasteiger partial charge in [0.1, 0.15) is 18.3 Å². The van der Waals surface area contributed by atoms with E-state index >= 15 is 0 Å². The van der Waals surface area contributed by atoms with E-state index in [1.807, 2.05) is 47.6 Å². The lowest BCUT2D eigenvalue weighted by molar-refractivity contribution is 0.0915. The summed E-state index contributed by atoms with van der Waals surface area (Å²) >= 11 is 0. The highest BCUT2D eigenvalue weighted by Crippen LogP contribution is 2.41. The molecule has 2 saturated heterocycles. The van der Waals surface area contributed by atoms with Gasteiger partial charge in [0.15, 0.2) is 0 Å². The number of carbonyl (C=O) groups excluding carboxylic acids is 1. The predicted molar refractivity (Wildman–Crippen MR) is 169 cm³/mol. The van der Waals surface area contributed by atoms with E-state index in [4.69, 9.17) is 4.74 Å². The fraction of sp³-hybridized carbons (Fsp3) is 0.429. The van der Waals surface area contributed by atoms with Gasteiger partial charge in [0.2, 0.25) is 0 Å². The second-order valence-corrected chi connectivity index (χ2v) is 12.6. The van der Waals surface area contributed by atoms with Crippen LogP contribution in [0, 0.1) is 0 Å². The normalized spacial score (nSPS) is 23.4. The van der Waals surface area contributed by atoms with Crippen LogP contribution in [-0.4, -0.2) is 60.1 Å². The van der Waals surface area contributed by atoms with Crippen molar-refractivity contribution >= 4 is 12.2 Å². The summed E-state index contributed by atoms with van der Waals surface area (Å²) in [5.74, 6) is 2.53. The Bertz CT molecular complexity index is 1610. The van der Waals surface area contributed by atoms with Crippen LogP contribution in [0.15, 0.2) is 67.0 Å². The van der Waals surface area contributed by atoms with E-state index in [1.54, 1.807) is 0 Å². The van der Waals surface area contributed by atoms with Crippen molar-refractivity contribution in [3.63, 3.8) is 0 Å². The van der Waals surface area contributed by atoms with E-state index in [9.17, 15) is 14.7 Å². The number of hydrogen-bond acceptors (Lipinski definition) is 5. The molecule has 2 aromatic carbocycles. The summed E-state index contributed by atoms with van der Waals surface area (Å²) in [6.45, 7) is 1.52. The molecule has 0 radical (unpaired) electrons. The molecule has 0 bridgehead atoms. The van der Waals surface area contributed by atoms with Crippen LogP contribution in [-0.2, 0) is 11.3 Å². The smallest absolute Gasteiger partial charge is 0.410 e. The molecular formula is C35H40N6O4. The number of nitrogens with one attached hydrogen (secondary N) is 2. The number of ether oxygens (including phenoxy) is 1. The van der Waals surface area contributed by atoms with Gasteiger partial charge in [-0.3, -0.25) is 9.80 Å². The van der Waals surface area contributed by atoms with Gasteiger partial charge in [0.25, 0.3) is 0 Å². The van der Waals surface area contributed by atoms with Gasteiger partial charge in [0.05, 0.1) is 24.0 Å². The maximum Gasteiger partial charge on any atom is 0.410 e. The maximum absolute atomic E-state index is 12.9. The molecule has 2 aliphatic heterocycles. The number of H-pyrrole nitrogens is 2. The molecule has 234 valence electrons. The molecule has 2 unspecified atom stereocenters. The van der Waals surface area contributed by atoms with Gasteiger partial charge in [-0.2, -0.15) is 0 Å². The molecular weight excluding hydrogens is 568 g/mol. The number of nitrogens with zero attached hydrogens (tertiary/aromatic N) is 4. The quantitative estimate of drug-likeness (QED) is 0.199. The number of benzene rings is 2. The minimum atomic E-state index is -0.869. The first-order valence-corrected chi connectivity index (χ1v) is 16.2. The monoisotopic (exact) mass is 608 g/mol. The Hall–Kier alpha value is -4.60. The lowest BCUT2D eigenvalue weighted by Crippen LogP contribution is -2.31. The molecule has 1 aliphatic carbocycles. The van der Waals surface area contributed by atoms with Crippen LogP contribution >= 0.6 is 0 Å². The summed E-state index contributed by atoms with van der Waals surface area (Å²) in [6, 6.07) is 18.3. The molecule has 0 spiro atoms. The van der Waals surface area contributed by atoms with Gasteiger partial charge in [-0.1, -0.05) is 54.6 Å². The Kier molecular flexibility index (Phi) is 8.28. The minimum absolute atomic E-state index is 0.0656. The third-order valence-electron chi connectivity index (χ3n) is 9.90. The first-order valence-electron chi connectivity index (χ1n) is 16.2. The standard InChI is InChI=1S/C35H40N6O4/c42-34(43)40-18-5-9-31(40)33-37-20-28(38-33)26-14-10-24(11-15-26)25-12-16-27(17-13-25)32-36-21-29(39-32)30-8-4-19-41(30)35(44)45-22-23-6-2-1-3-7-23/h1-3,6-7,12-13,16-17,20-21,24,26,30-31H,4-5,8-11,14-15,18-19,22H2,(H,36,39)(H,37,38)(H,42,43). The number of likely N-dealkylation sites (tertiary alicyclic amines) is 2. The molecule has 2 aromatic heterocycles. The molecule has 7 rings (SSSR count). The van der Waals surface area contributed by atoms with E-state index in [0.29, 0.717) is 24.9 Å². The number of rotatable bonds is 7. The number of aromatic nitrogens is 4. The van der Waals surface area contributed by atoms with Crippen molar-refractivity contribution in [3.8, 4) is 11.4 Å². The minimum Gasteiger partial charge on any atom is -0.465 e. The summed E-state index contributed by atoms with van der Waals surface area (Å²) in [6.07, 6.45) is 10.5. The highest BCUT2D eigenvalue weighted by atomic mass is 16.6. The fourth-order valence-corrected chi connectivity index (χ4v) is 7.42. The van der Waals surface area contributed by atoms with Gasteiger partial charge in [-0.05, 0) is 68.4 Å². The summed E-state index contributed by atoms with van der Waals surface area (Å²) in [4.78, 5) is 44.0. The van der Waals surface area contributed by atoms with Gasteiger partial charge in [-0.25, -0.2) is 19.6 Å². The summed E-state index contributed by atoms with van der Waals surface area (Å²) in [5, 5.41) is 9.50. The highest BCUT2D eigenvalue weighted by Gasteiger charge is 2.34. The van der Waals surface area contributed by atoms with Gasteiger partial charge in [0, 0.05) is 36.5 Å². The van der Waals surface area contributed by atoms with E-state index in [0.717, 1.165) is 85.5 Å². The van der Waals surface area contributed by atoms with Gasteiger partial charge < -0.3 is 19.8 Å². The Morgan fingerprint density at radius 3 is 2.22 bits per heavy atom. The Morgan fingerprint density at radius 2 is 1.47 bits per heavy atom. The molecule has 2 atom stereocenters. The van der Waals surface area contributed by atoms with E-state index in [2.05, 4.69) is 44.2 Å². The SMILES string of the molecule is O=C(OCc1ccccc1)N1CCCC1c1cnc(-c2ccc(C3CCC(c4cnc(C5CCCN5C(=O)O)[nH]4)CC3)cc2)[nH]1. The Labute approximate surface area is 262 Å². The van der Waals surface area contributed by atoms with Crippen molar-refractivity contribution in [3.05, 3.63) is 95.3 Å². The Morgan fingerprint density at radius 1 is 0.778 bits per heavy atom. The largest absolute Gasteiger partial charge is 0.465 e. The Balaban J connectivity index is 0.938. The van der Waals surface area contributed by atoms with Gasteiger partial charge >= 0.3 is 12.2 Å². The van der Waals surface area contributed by atoms with Crippen molar-refractivity contribution in [1.29, 1.82) is 0 Å². The van der Waals surface area contributed by atoms with E-state index in [1.165, 1.54) is 10.5 Å². The summed E-state index contributed by atoms with van der Waals surface area (Å²) < 4.78 is 5.62. The first-order chi connectivity index (χ1) is 22.0. The predicted octanol–water partition coefficient (Wildman–Crippen LogP) is 7.53. The van der Waals surface area contributed by atoms with Crippen LogP contribution in [0.2, 0.25) is 0 Å². The molecule has 45 heavy (non-hydrogen) atoms. The van der Waals surface area contributed by atoms with Crippen LogP contribution in [0.25, 0.3) is 11.4 Å². The number of aromatic amines is 2. The third-order valence-corrected chi connectivity index (χ3v) is 9.90. The van der Waals surface area contributed by atoms with E-state index in [-0.39, 0.29) is 24.8 Å². The van der Waals surface area contributed by atoms with Crippen LogP contribution < -0.4 is 0 Å². The second-order valence-electron chi connectivity index (χ2n) is 12.6. The number of imidazole rings is 2. The average Bonchev–Trinajstić information content (AvgIpc) is 3.90. The van der Waals surface area contributed by atoms with Crippen molar-refractivity contribution in [1.82, 2.24) is 29.7 Å². The van der Waals surface area contributed by atoms with Crippen molar-refractivity contribution in [2.24, 2.45) is 0 Å². The second kappa shape index (κ2) is 12.8. The topological polar surface area (TPSA) is 127 Å². The molecule has 2 amide bonds. The maximum atomic E-state index is 12.9. The first kappa shape index (κ1) is 29.1. The van der Waals surface area contributed by atoms with Crippen molar-refractivity contribution in [2.45, 2.75) is 81.9 Å². The molecule has 3 fully saturated rings. The zero-order valence-corrected chi connectivity index (χ0v) is 25.4. The number of carboxylic acid groups (broad SMARTS) is 1. The zero-order chi connectivity index (χ0) is 30.8. The lowest BCUT2D eigenvalue weighted by Gasteiger charge is -2.28. The molecule has 4 heterocycles. The van der Waals surface area contributed by atoms with Crippen LogP contribution in [0.3, 0.4) is 0 Å². The molecule has 3 aliphatic rings. The number of hydrogen-bond donors (Lipinski definition) is 3. The summed E-state index contributed by atoms with van der Waals surface area (Å²) in [7, 11) is 0. The molecule has 1 saturated carbocycles. The zero-order valence-electron chi connectivity index (χ0n) is 25.4. The molecule has 4 aromatic rings. The summed E-state index contributed by atoms with van der Waals surface area (Å²) in [5.41, 5.74) is 5.42.